The first-order valence-corrected chi connectivity index (χ1v) is 5.52. The van der Waals surface area contributed by atoms with E-state index in [1.54, 1.807) is 0 Å². The zero-order valence-corrected chi connectivity index (χ0v) is 8.88. The number of rotatable bonds is 1. The molecule has 2 aliphatic rings. The molecule has 76 valence electrons. The summed E-state index contributed by atoms with van der Waals surface area (Å²) in [5.41, 5.74) is 2.60. The van der Waals surface area contributed by atoms with Gasteiger partial charge in [0.25, 0.3) is 0 Å². The average Bonchev–Trinajstić information content (AvgIpc) is 2.19. The normalized spacial score (nSPS) is 37.4. The van der Waals surface area contributed by atoms with Gasteiger partial charge in [0, 0.05) is 0 Å². The van der Waals surface area contributed by atoms with Gasteiger partial charge in [-0.2, -0.15) is 0 Å². The SMILES string of the molecule is C=C1CCC[C@H]2C(C=O)=CCC[C@]12C. The first-order chi connectivity index (χ1) is 6.68. The Kier molecular flexibility index (Phi) is 2.34. The van der Waals surface area contributed by atoms with E-state index in [0.29, 0.717) is 5.92 Å². The van der Waals surface area contributed by atoms with Crippen LogP contribution in [0.3, 0.4) is 0 Å². The van der Waals surface area contributed by atoms with E-state index in [9.17, 15) is 4.79 Å². The molecule has 0 spiro atoms. The molecule has 2 atom stereocenters. The molecule has 0 bridgehead atoms. The van der Waals surface area contributed by atoms with Crippen LogP contribution in [0.2, 0.25) is 0 Å². The highest BCUT2D eigenvalue weighted by Gasteiger charge is 2.42. The van der Waals surface area contributed by atoms with Gasteiger partial charge in [-0.25, -0.2) is 0 Å². The van der Waals surface area contributed by atoms with Crippen molar-refractivity contribution in [3.05, 3.63) is 23.8 Å². The molecule has 0 heterocycles. The molecular formula is C13H18O. The minimum atomic E-state index is 0.212. The Morgan fingerprint density at radius 3 is 3.14 bits per heavy atom. The van der Waals surface area contributed by atoms with Crippen LogP contribution in [0, 0.1) is 11.3 Å². The second kappa shape index (κ2) is 3.38. The quantitative estimate of drug-likeness (QED) is 0.458. The predicted octanol–water partition coefficient (Wildman–Crippen LogP) is 3.27. The molecule has 0 radical (unpaired) electrons. The van der Waals surface area contributed by atoms with Gasteiger partial charge in [0.15, 0.2) is 0 Å². The maximum Gasteiger partial charge on any atom is 0.146 e. The summed E-state index contributed by atoms with van der Waals surface area (Å²) >= 11 is 0. The molecule has 0 unspecified atom stereocenters. The third-order valence-electron chi connectivity index (χ3n) is 4.13. The highest BCUT2D eigenvalue weighted by molar-refractivity contribution is 5.75. The predicted molar refractivity (Wildman–Crippen MR) is 58.0 cm³/mol. The van der Waals surface area contributed by atoms with Crippen molar-refractivity contribution >= 4 is 6.29 Å². The minimum absolute atomic E-state index is 0.212. The van der Waals surface area contributed by atoms with Crippen molar-refractivity contribution in [1.82, 2.24) is 0 Å². The van der Waals surface area contributed by atoms with Crippen LogP contribution in [0.4, 0.5) is 0 Å². The Morgan fingerprint density at radius 2 is 2.43 bits per heavy atom. The van der Waals surface area contributed by atoms with E-state index in [0.717, 1.165) is 24.7 Å². The van der Waals surface area contributed by atoms with Crippen LogP contribution < -0.4 is 0 Å². The molecule has 0 N–H and O–H groups in total. The molecule has 0 aliphatic heterocycles. The van der Waals surface area contributed by atoms with Crippen LogP contribution in [-0.4, -0.2) is 6.29 Å². The minimum Gasteiger partial charge on any atom is -0.298 e. The average molecular weight is 190 g/mol. The van der Waals surface area contributed by atoms with Gasteiger partial charge in [-0.15, -0.1) is 0 Å². The van der Waals surface area contributed by atoms with Gasteiger partial charge in [-0.1, -0.05) is 25.2 Å². The van der Waals surface area contributed by atoms with Gasteiger partial charge in [0.05, 0.1) is 0 Å². The topological polar surface area (TPSA) is 17.1 Å². The van der Waals surface area contributed by atoms with Crippen LogP contribution in [-0.2, 0) is 4.79 Å². The molecular weight excluding hydrogens is 172 g/mol. The van der Waals surface area contributed by atoms with Crippen LogP contribution in [0.25, 0.3) is 0 Å². The summed E-state index contributed by atoms with van der Waals surface area (Å²) in [6.45, 7) is 6.48. The fraction of sp³-hybridized carbons (Fsp3) is 0.615. The molecule has 2 aliphatic carbocycles. The van der Waals surface area contributed by atoms with E-state index < -0.39 is 0 Å². The summed E-state index contributed by atoms with van der Waals surface area (Å²) in [6, 6.07) is 0. The molecule has 2 rings (SSSR count). The standard InChI is InChI=1S/C13H18O/c1-10-5-3-7-12-11(9-14)6-4-8-13(10,12)2/h6,9,12H,1,3-5,7-8H2,2H3/t12-,13+/m0/s1. The summed E-state index contributed by atoms with van der Waals surface area (Å²) in [5, 5.41) is 0. The number of hydrogen-bond donors (Lipinski definition) is 0. The first kappa shape index (κ1) is 9.70. The summed E-state index contributed by atoms with van der Waals surface area (Å²) in [7, 11) is 0. The van der Waals surface area contributed by atoms with E-state index in [1.165, 1.54) is 24.8 Å². The number of carbonyl (C=O) groups is 1. The lowest BCUT2D eigenvalue weighted by Gasteiger charge is -2.46. The van der Waals surface area contributed by atoms with Crippen LogP contribution in [0.5, 0.6) is 0 Å². The van der Waals surface area contributed by atoms with Crippen LogP contribution >= 0.6 is 0 Å². The van der Waals surface area contributed by atoms with Crippen LogP contribution in [0.15, 0.2) is 23.8 Å². The Labute approximate surface area is 85.9 Å². The Hall–Kier alpha value is -0.850. The van der Waals surface area contributed by atoms with Crippen LogP contribution in [0.1, 0.15) is 39.0 Å². The third-order valence-corrected chi connectivity index (χ3v) is 4.13. The van der Waals surface area contributed by atoms with Gasteiger partial charge >= 0.3 is 0 Å². The smallest absolute Gasteiger partial charge is 0.146 e. The molecule has 0 saturated heterocycles. The lowest BCUT2D eigenvalue weighted by molar-refractivity contribution is -0.106. The van der Waals surface area contributed by atoms with Crippen molar-refractivity contribution in [2.24, 2.45) is 11.3 Å². The molecule has 1 saturated carbocycles. The van der Waals surface area contributed by atoms with E-state index in [4.69, 9.17) is 0 Å². The molecule has 0 aromatic rings. The lowest BCUT2D eigenvalue weighted by atomic mass is 9.58. The first-order valence-electron chi connectivity index (χ1n) is 5.52. The second-order valence-corrected chi connectivity index (χ2v) is 4.83. The lowest BCUT2D eigenvalue weighted by Crippen LogP contribution is -2.36. The molecule has 1 fully saturated rings. The highest BCUT2D eigenvalue weighted by Crippen LogP contribution is 2.52. The maximum absolute atomic E-state index is 11.0. The fourth-order valence-electron chi connectivity index (χ4n) is 3.07. The maximum atomic E-state index is 11.0. The number of allylic oxidation sites excluding steroid dienone is 3. The van der Waals surface area contributed by atoms with Crippen molar-refractivity contribution in [2.75, 3.05) is 0 Å². The van der Waals surface area contributed by atoms with Crippen molar-refractivity contribution in [3.63, 3.8) is 0 Å². The number of hydrogen-bond acceptors (Lipinski definition) is 1. The Balaban J connectivity index is 2.36. The van der Waals surface area contributed by atoms with Crippen molar-refractivity contribution in [1.29, 1.82) is 0 Å². The van der Waals surface area contributed by atoms with Gasteiger partial charge < -0.3 is 0 Å². The molecule has 0 aromatic heterocycles. The Morgan fingerprint density at radius 1 is 1.64 bits per heavy atom. The van der Waals surface area contributed by atoms with E-state index in [1.807, 2.05) is 0 Å². The largest absolute Gasteiger partial charge is 0.298 e. The van der Waals surface area contributed by atoms with E-state index >= 15 is 0 Å². The van der Waals surface area contributed by atoms with E-state index in [2.05, 4.69) is 19.6 Å². The third kappa shape index (κ3) is 1.26. The Bertz CT molecular complexity index is 300. The zero-order valence-electron chi connectivity index (χ0n) is 8.88. The van der Waals surface area contributed by atoms with Gasteiger partial charge in [0.2, 0.25) is 0 Å². The summed E-state index contributed by atoms with van der Waals surface area (Å²) < 4.78 is 0. The van der Waals surface area contributed by atoms with Gasteiger partial charge in [-0.3, -0.25) is 4.79 Å². The zero-order chi connectivity index (χ0) is 10.2. The van der Waals surface area contributed by atoms with E-state index in [-0.39, 0.29) is 5.41 Å². The summed E-state index contributed by atoms with van der Waals surface area (Å²) in [5.74, 6) is 0.454. The number of aldehydes is 1. The molecule has 1 heteroatoms. The molecule has 1 nitrogen and oxygen atoms in total. The van der Waals surface area contributed by atoms with Gasteiger partial charge in [-0.05, 0) is 49.0 Å². The highest BCUT2D eigenvalue weighted by atomic mass is 16.1. The fourth-order valence-corrected chi connectivity index (χ4v) is 3.07. The van der Waals surface area contributed by atoms with Crippen molar-refractivity contribution < 1.29 is 4.79 Å². The summed E-state index contributed by atoms with van der Waals surface area (Å²) in [4.78, 5) is 11.0. The number of fused-ring (bicyclic) bond motifs is 1. The molecule has 0 aromatic carbocycles. The summed E-state index contributed by atoms with van der Waals surface area (Å²) in [6.07, 6.45) is 8.91. The van der Waals surface area contributed by atoms with Gasteiger partial charge in [0.1, 0.15) is 6.29 Å². The molecule has 0 amide bonds. The van der Waals surface area contributed by atoms with Crippen molar-refractivity contribution in [2.45, 2.75) is 39.0 Å². The monoisotopic (exact) mass is 190 g/mol. The number of carbonyl (C=O) groups excluding carboxylic acids is 1. The second-order valence-electron chi connectivity index (χ2n) is 4.83. The van der Waals surface area contributed by atoms with Crippen molar-refractivity contribution in [3.8, 4) is 0 Å². The molecule has 14 heavy (non-hydrogen) atoms.